The third-order valence-electron chi connectivity index (χ3n) is 2.07. The quantitative estimate of drug-likeness (QED) is 0.346. The maximum Gasteiger partial charge on any atom is 0.305 e. The highest BCUT2D eigenvalue weighted by Crippen LogP contribution is 2.06. The Morgan fingerprint density at radius 1 is 1.27 bits per heavy atom. The lowest BCUT2D eigenvalue weighted by molar-refractivity contribution is -0.143. The number of nitrogens with zero attached hydrogens (tertiary/aromatic N) is 1. The van der Waals surface area contributed by atoms with Gasteiger partial charge in [-0.15, -0.1) is 8.58 Å². The van der Waals surface area contributed by atoms with Crippen molar-refractivity contribution in [1.82, 2.24) is 4.90 Å². The number of ether oxygens (including phenoxy) is 1. The second-order valence-electron chi connectivity index (χ2n) is 3.94. The summed E-state index contributed by atoms with van der Waals surface area (Å²) in [6, 6.07) is 0. The van der Waals surface area contributed by atoms with Crippen molar-refractivity contribution in [1.29, 1.82) is 0 Å². The van der Waals surface area contributed by atoms with Crippen molar-refractivity contribution >= 4 is 14.6 Å². The van der Waals surface area contributed by atoms with Crippen molar-refractivity contribution in [2.45, 2.75) is 25.7 Å². The van der Waals surface area contributed by atoms with Crippen molar-refractivity contribution in [3.8, 4) is 0 Å². The van der Waals surface area contributed by atoms with Crippen molar-refractivity contribution < 1.29 is 9.53 Å². The molecule has 0 saturated carbocycles. The minimum absolute atomic E-state index is 0.0456. The zero-order chi connectivity index (χ0) is 11.5. The molecule has 0 bridgehead atoms. The van der Waals surface area contributed by atoms with Gasteiger partial charge in [0.2, 0.25) is 0 Å². The second kappa shape index (κ2) is 10.4. The smallest absolute Gasteiger partial charge is 0.305 e. The first kappa shape index (κ1) is 14.9. The van der Waals surface area contributed by atoms with E-state index in [9.17, 15) is 4.79 Å². The molecule has 0 N–H and O–H groups in total. The summed E-state index contributed by atoms with van der Waals surface area (Å²) >= 11 is 0. The van der Waals surface area contributed by atoms with E-state index in [0.717, 1.165) is 28.0 Å². The van der Waals surface area contributed by atoms with Gasteiger partial charge in [-0.2, -0.15) is 0 Å². The number of esters is 1. The number of unbranched alkanes of at least 4 members (excludes halogenated alkanes) is 1. The molecule has 3 nitrogen and oxygen atoms in total. The maximum absolute atomic E-state index is 11.2. The van der Waals surface area contributed by atoms with E-state index in [1.807, 2.05) is 14.1 Å². The van der Waals surface area contributed by atoms with Crippen molar-refractivity contribution in [2.24, 2.45) is 0 Å². The van der Waals surface area contributed by atoms with Gasteiger partial charge in [-0.1, -0.05) is 0 Å². The maximum atomic E-state index is 11.2. The lowest BCUT2D eigenvalue weighted by Crippen LogP contribution is -2.15. The SMILES string of the molecule is CPCCCCOC(=O)CCCN(C)C. The van der Waals surface area contributed by atoms with Gasteiger partial charge in [-0.05, 0) is 52.7 Å². The molecular formula is C11H24NO2P. The van der Waals surface area contributed by atoms with Gasteiger partial charge in [-0.3, -0.25) is 4.79 Å². The first-order valence-corrected chi connectivity index (χ1v) is 7.32. The van der Waals surface area contributed by atoms with Gasteiger partial charge in [0.25, 0.3) is 0 Å². The minimum atomic E-state index is -0.0456. The molecule has 0 aliphatic rings. The number of carbonyl (C=O) groups excluding carboxylic acids is 1. The number of carbonyl (C=O) groups is 1. The summed E-state index contributed by atoms with van der Waals surface area (Å²) in [5.74, 6) is -0.0456. The molecule has 0 radical (unpaired) electrons. The van der Waals surface area contributed by atoms with Crippen molar-refractivity contribution in [3.63, 3.8) is 0 Å². The predicted octanol–water partition coefficient (Wildman–Crippen LogP) is 1.96. The van der Waals surface area contributed by atoms with Crippen LogP contribution in [0.25, 0.3) is 0 Å². The van der Waals surface area contributed by atoms with E-state index in [-0.39, 0.29) is 5.97 Å². The lowest BCUT2D eigenvalue weighted by Gasteiger charge is -2.08. The van der Waals surface area contributed by atoms with E-state index in [1.54, 1.807) is 0 Å². The molecule has 0 aliphatic heterocycles. The average molecular weight is 233 g/mol. The summed E-state index contributed by atoms with van der Waals surface area (Å²) in [4.78, 5) is 13.3. The summed E-state index contributed by atoms with van der Waals surface area (Å²) in [5, 5.41) is 0. The third-order valence-corrected chi connectivity index (χ3v) is 2.92. The van der Waals surface area contributed by atoms with Crippen LogP contribution in [0.2, 0.25) is 0 Å². The van der Waals surface area contributed by atoms with E-state index >= 15 is 0 Å². The van der Waals surface area contributed by atoms with Crippen LogP contribution in [-0.2, 0) is 9.53 Å². The molecule has 0 heterocycles. The van der Waals surface area contributed by atoms with Crippen LogP contribution >= 0.6 is 8.58 Å². The Balaban J connectivity index is 3.19. The van der Waals surface area contributed by atoms with E-state index in [0.29, 0.717) is 13.0 Å². The standard InChI is InChI=1S/C11H24NO2P/c1-12(2)8-6-7-11(13)14-9-4-5-10-15-3/h15H,4-10H2,1-3H3. The monoisotopic (exact) mass is 233 g/mol. The van der Waals surface area contributed by atoms with Gasteiger partial charge in [0.1, 0.15) is 0 Å². The van der Waals surface area contributed by atoms with E-state index in [2.05, 4.69) is 11.6 Å². The van der Waals surface area contributed by atoms with Crippen LogP contribution in [0, 0.1) is 0 Å². The van der Waals surface area contributed by atoms with E-state index in [1.165, 1.54) is 12.6 Å². The van der Waals surface area contributed by atoms with Crippen LogP contribution in [0.3, 0.4) is 0 Å². The zero-order valence-electron chi connectivity index (χ0n) is 10.2. The van der Waals surface area contributed by atoms with Crippen LogP contribution in [-0.4, -0.2) is 50.9 Å². The predicted molar refractivity (Wildman–Crippen MR) is 67.1 cm³/mol. The summed E-state index contributed by atoms with van der Waals surface area (Å²) in [5.41, 5.74) is 0. The molecule has 90 valence electrons. The van der Waals surface area contributed by atoms with Crippen molar-refractivity contribution in [3.05, 3.63) is 0 Å². The fourth-order valence-electron chi connectivity index (χ4n) is 1.20. The van der Waals surface area contributed by atoms with Gasteiger partial charge in [0.15, 0.2) is 0 Å². The highest BCUT2D eigenvalue weighted by Gasteiger charge is 2.02. The first-order chi connectivity index (χ1) is 7.16. The Labute approximate surface area is 95.3 Å². The van der Waals surface area contributed by atoms with Gasteiger partial charge in [0, 0.05) is 6.42 Å². The zero-order valence-corrected chi connectivity index (χ0v) is 11.2. The topological polar surface area (TPSA) is 29.5 Å². The van der Waals surface area contributed by atoms with Crippen LogP contribution in [0.15, 0.2) is 0 Å². The summed E-state index contributed by atoms with van der Waals surface area (Å²) in [7, 11) is 5.04. The van der Waals surface area contributed by atoms with Gasteiger partial charge >= 0.3 is 5.97 Å². The highest BCUT2D eigenvalue weighted by molar-refractivity contribution is 7.36. The second-order valence-corrected chi connectivity index (χ2v) is 5.15. The molecule has 0 aromatic carbocycles. The van der Waals surface area contributed by atoms with Crippen LogP contribution in [0.1, 0.15) is 25.7 Å². The molecule has 0 spiro atoms. The molecule has 1 atom stereocenters. The molecular weight excluding hydrogens is 209 g/mol. The average Bonchev–Trinajstić information content (AvgIpc) is 2.17. The third kappa shape index (κ3) is 11.8. The Kier molecular flexibility index (Phi) is 10.3. The molecule has 0 amide bonds. The molecule has 0 aliphatic carbocycles. The van der Waals surface area contributed by atoms with Gasteiger partial charge < -0.3 is 9.64 Å². The molecule has 0 aromatic rings. The highest BCUT2D eigenvalue weighted by atomic mass is 31.1. The van der Waals surface area contributed by atoms with Crippen molar-refractivity contribution in [2.75, 3.05) is 40.1 Å². The van der Waals surface area contributed by atoms with Crippen LogP contribution < -0.4 is 0 Å². The minimum Gasteiger partial charge on any atom is -0.466 e. The van der Waals surface area contributed by atoms with Gasteiger partial charge in [-0.25, -0.2) is 0 Å². The van der Waals surface area contributed by atoms with Crippen LogP contribution in [0.4, 0.5) is 0 Å². The molecule has 0 rings (SSSR count). The molecule has 0 saturated heterocycles. The Morgan fingerprint density at radius 2 is 2.00 bits per heavy atom. The fourth-order valence-corrected chi connectivity index (χ4v) is 1.81. The summed E-state index contributed by atoms with van der Waals surface area (Å²) in [6.07, 6.45) is 4.90. The van der Waals surface area contributed by atoms with E-state index in [4.69, 9.17) is 4.74 Å². The molecule has 0 aromatic heterocycles. The normalized spacial score (nSPS) is 11.5. The fraction of sp³-hybridized carbons (Fsp3) is 0.909. The Bertz CT molecular complexity index is 163. The van der Waals surface area contributed by atoms with E-state index < -0.39 is 0 Å². The Hall–Kier alpha value is -0.140. The largest absolute Gasteiger partial charge is 0.466 e. The molecule has 4 heteroatoms. The Morgan fingerprint density at radius 3 is 2.60 bits per heavy atom. The van der Waals surface area contributed by atoms with Crippen LogP contribution in [0.5, 0.6) is 0 Å². The first-order valence-electron chi connectivity index (χ1n) is 5.61. The van der Waals surface area contributed by atoms with Gasteiger partial charge in [0.05, 0.1) is 6.61 Å². The summed E-state index contributed by atoms with van der Waals surface area (Å²) < 4.78 is 5.12. The summed E-state index contributed by atoms with van der Waals surface area (Å²) in [6.45, 7) is 3.75. The number of hydrogen-bond acceptors (Lipinski definition) is 3. The number of hydrogen-bond donors (Lipinski definition) is 0. The molecule has 1 unspecified atom stereocenters. The molecule has 0 fully saturated rings. The number of rotatable bonds is 9. The molecule has 15 heavy (non-hydrogen) atoms. The lowest BCUT2D eigenvalue weighted by atomic mass is 10.3.